The molecule has 0 bridgehead atoms. The summed E-state index contributed by atoms with van der Waals surface area (Å²) >= 11 is 0. The van der Waals surface area contributed by atoms with Crippen LogP contribution in [0, 0.1) is 17.0 Å². The molecule has 2 N–H and O–H groups in total. The van der Waals surface area contributed by atoms with E-state index in [1.807, 2.05) is 0 Å². The van der Waals surface area contributed by atoms with Gasteiger partial charge in [-0.3, -0.25) is 19.7 Å². The molecular formula is C19H13F3N4O5. The Labute approximate surface area is 171 Å². The Morgan fingerprint density at radius 3 is 2.55 bits per heavy atom. The Hall–Kier alpha value is -4.22. The number of aryl methyl sites for hydroxylation is 1. The molecule has 0 spiro atoms. The second-order valence-corrected chi connectivity index (χ2v) is 6.37. The van der Waals surface area contributed by atoms with Crippen molar-refractivity contribution in [2.45, 2.75) is 13.1 Å². The number of hydrogen-bond donors (Lipinski definition) is 2. The number of aromatic hydroxyl groups is 1. The predicted octanol–water partition coefficient (Wildman–Crippen LogP) is 3.43. The van der Waals surface area contributed by atoms with E-state index >= 15 is 0 Å². The summed E-state index contributed by atoms with van der Waals surface area (Å²) in [7, 11) is 0. The minimum Gasteiger partial charge on any atom is -0.506 e. The topological polar surface area (TPSA) is 127 Å². The van der Waals surface area contributed by atoms with Gasteiger partial charge in [-0.05, 0) is 31.2 Å². The summed E-state index contributed by atoms with van der Waals surface area (Å²) in [6.07, 6.45) is -4.61. The number of anilines is 1. The first kappa shape index (κ1) is 21.5. The molecule has 0 aliphatic rings. The van der Waals surface area contributed by atoms with Crippen molar-refractivity contribution in [3.8, 4) is 11.4 Å². The third kappa shape index (κ3) is 4.52. The number of non-ortho nitro benzene ring substituents is 1. The fraction of sp³-hybridized carbons (Fsp3) is 0.105. The molecule has 0 saturated heterocycles. The zero-order valence-corrected chi connectivity index (χ0v) is 15.7. The quantitative estimate of drug-likeness (QED) is 0.368. The number of carbonyl (C=O) groups is 1. The van der Waals surface area contributed by atoms with Gasteiger partial charge in [0, 0.05) is 23.9 Å². The maximum absolute atomic E-state index is 13.0. The van der Waals surface area contributed by atoms with Crippen molar-refractivity contribution >= 4 is 17.3 Å². The summed E-state index contributed by atoms with van der Waals surface area (Å²) in [5, 5.41) is 26.7. The maximum atomic E-state index is 13.0. The third-order valence-corrected chi connectivity index (χ3v) is 4.18. The first-order chi connectivity index (χ1) is 14.5. The first-order valence-corrected chi connectivity index (χ1v) is 8.55. The lowest BCUT2D eigenvalue weighted by atomic mass is 10.2. The average Bonchev–Trinajstić information content (AvgIpc) is 2.69. The van der Waals surface area contributed by atoms with Crippen LogP contribution in [0.3, 0.4) is 0 Å². The minimum atomic E-state index is -4.61. The number of rotatable bonds is 4. The van der Waals surface area contributed by atoms with Crippen molar-refractivity contribution in [3.63, 3.8) is 0 Å². The smallest absolute Gasteiger partial charge is 0.416 e. The molecule has 160 valence electrons. The summed E-state index contributed by atoms with van der Waals surface area (Å²) in [5.41, 5.74) is -3.11. The molecule has 1 amide bonds. The zero-order chi connectivity index (χ0) is 22.9. The van der Waals surface area contributed by atoms with Gasteiger partial charge in [0.15, 0.2) is 5.69 Å². The number of aromatic nitrogens is 2. The minimum absolute atomic E-state index is 0.0421. The number of halogens is 3. The van der Waals surface area contributed by atoms with Gasteiger partial charge in [-0.1, -0.05) is 6.07 Å². The number of nitrogens with one attached hydrogen (secondary N) is 1. The van der Waals surface area contributed by atoms with Gasteiger partial charge in [-0.25, -0.2) is 4.68 Å². The first-order valence-electron chi connectivity index (χ1n) is 8.55. The summed E-state index contributed by atoms with van der Waals surface area (Å²) in [6.45, 7) is 1.42. The van der Waals surface area contributed by atoms with Crippen molar-refractivity contribution in [2.75, 3.05) is 5.32 Å². The number of nitro groups is 1. The molecule has 2 aromatic carbocycles. The second kappa shape index (κ2) is 7.89. The van der Waals surface area contributed by atoms with Crippen LogP contribution in [0.1, 0.15) is 21.7 Å². The van der Waals surface area contributed by atoms with Gasteiger partial charge in [0.1, 0.15) is 5.75 Å². The highest BCUT2D eigenvalue weighted by Gasteiger charge is 2.30. The number of carbonyl (C=O) groups excluding carboxylic acids is 1. The van der Waals surface area contributed by atoms with E-state index < -0.39 is 45.1 Å². The Kier molecular flexibility index (Phi) is 5.47. The molecule has 0 atom stereocenters. The lowest BCUT2D eigenvalue weighted by molar-refractivity contribution is -0.384. The molecule has 0 aliphatic heterocycles. The summed E-state index contributed by atoms with van der Waals surface area (Å²) < 4.78 is 40.0. The number of alkyl halides is 3. The van der Waals surface area contributed by atoms with Crippen LogP contribution >= 0.6 is 0 Å². The number of phenolic OH excluding ortho intramolecular Hbond substituents is 1. The lowest BCUT2D eigenvalue weighted by Crippen LogP contribution is -2.27. The van der Waals surface area contributed by atoms with E-state index in [4.69, 9.17) is 0 Å². The van der Waals surface area contributed by atoms with Gasteiger partial charge < -0.3 is 10.4 Å². The fourth-order valence-corrected chi connectivity index (χ4v) is 2.70. The van der Waals surface area contributed by atoms with Crippen molar-refractivity contribution in [1.29, 1.82) is 0 Å². The van der Waals surface area contributed by atoms with E-state index in [0.717, 1.165) is 47.1 Å². The molecule has 3 aromatic rings. The van der Waals surface area contributed by atoms with E-state index in [0.29, 0.717) is 0 Å². The van der Waals surface area contributed by atoms with Gasteiger partial charge in [0.25, 0.3) is 11.6 Å². The number of amides is 1. The highest BCUT2D eigenvalue weighted by Crippen LogP contribution is 2.30. The molecule has 31 heavy (non-hydrogen) atoms. The van der Waals surface area contributed by atoms with Crippen molar-refractivity contribution < 1.29 is 28.0 Å². The van der Waals surface area contributed by atoms with Crippen LogP contribution in [0.25, 0.3) is 5.69 Å². The standard InChI is InChI=1S/C19H13F3N4O5/c1-10-7-16(28)17(18(29)23-14-9-13(26(30)31)5-6-15(14)27)24-25(10)12-4-2-3-11(8-12)19(20,21)22/h2-9,27H,1H3,(H,23,29). The van der Waals surface area contributed by atoms with Gasteiger partial charge >= 0.3 is 6.18 Å². The van der Waals surface area contributed by atoms with Gasteiger partial charge in [-0.15, -0.1) is 0 Å². The molecule has 0 aliphatic carbocycles. The van der Waals surface area contributed by atoms with E-state index in [-0.39, 0.29) is 17.1 Å². The second-order valence-electron chi connectivity index (χ2n) is 6.37. The van der Waals surface area contributed by atoms with Crippen molar-refractivity contribution in [1.82, 2.24) is 9.78 Å². The van der Waals surface area contributed by atoms with E-state index in [1.165, 1.54) is 13.0 Å². The normalized spacial score (nSPS) is 11.2. The largest absolute Gasteiger partial charge is 0.506 e. The number of phenols is 1. The molecular weight excluding hydrogens is 421 g/mol. The van der Waals surface area contributed by atoms with Crippen LogP contribution in [0.5, 0.6) is 5.75 Å². The van der Waals surface area contributed by atoms with Gasteiger partial charge in [-0.2, -0.15) is 18.3 Å². The molecule has 0 unspecified atom stereocenters. The fourth-order valence-electron chi connectivity index (χ4n) is 2.70. The lowest BCUT2D eigenvalue weighted by Gasteiger charge is -2.14. The molecule has 1 heterocycles. The van der Waals surface area contributed by atoms with E-state index in [1.54, 1.807) is 0 Å². The van der Waals surface area contributed by atoms with Crippen molar-refractivity contribution in [3.05, 3.63) is 85.8 Å². The molecule has 12 heteroatoms. The van der Waals surface area contributed by atoms with Crippen LogP contribution in [0.2, 0.25) is 0 Å². The third-order valence-electron chi connectivity index (χ3n) is 4.18. The maximum Gasteiger partial charge on any atom is 0.416 e. The highest BCUT2D eigenvalue weighted by molar-refractivity contribution is 6.03. The van der Waals surface area contributed by atoms with Crippen LogP contribution < -0.4 is 10.7 Å². The summed E-state index contributed by atoms with van der Waals surface area (Å²) in [6, 6.07) is 8.01. The van der Waals surface area contributed by atoms with Crippen LogP contribution in [0.15, 0.2) is 53.3 Å². The number of hydrogen-bond acceptors (Lipinski definition) is 6. The summed E-state index contributed by atoms with van der Waals surface area (Å²) in [4.78, 5) is 34.9. The zero-order valence-electron chi connectivity index (χ0n) is 15.7. The Morgan fingerprint density at radius 2 is 1.90 bits per heavy atom. The Morgan fingerprint density at radius 1 is 1.19 bits per heavy atom. The molecule has 0 saturated carbocycles. The SMILES string of the molecule is Cc1cc(=O)c(C(=O)Nc2cc([N+](=O)[O-])ccc2O)nn1-c1cccc(C(F)(F)F)c1. The van der Waals surface area contributed by atoms with Crippen LogP contribution in [0.4, 0.5) is 24.5 Å². The monoisotopic (exact) mass is 434 g/mol. The van der Waals surface area contributed by atoms with E-state index in [2.05, 4.69) is 10.4 Å². The number of benzene rings is 2. The molecule has 0 radical (unpaired) electrons. The number of nitro benzene ring substituents is 1. The van der Waals surface area contributed by atoms with Crippen LogP contribution in [-0.4, -0.2) is 25.7 Å². The Balaban J connectivity index is 2.02. The molecule has 9 nitrogen and oxygen atoms in total. The summed E-state index contributed by atoms with van der Waals surface area (Å²) in [5.74, 6) is -1.61. The predicted molar refractivity (Wildman–Crippen MR) is 102 cm³/mol. The average molecular weight is 434 g/mol. The van der Waals surface area contributed by atoms with E-state index in [9.17, 15) is 38.0 Å². The van der Waals surface area contributed by atoms with Gasteiger partial charge in [0.2, 0.25) is 5.43 Å². The number of nitrogens with zero attached hydrogens (tertiary/aromatic N) is 3. The Bertz CT molecular complexity index is 1250. The highest BCUT2D eigenvalue weighted by atomic mass is 19.4. The van der Waals surface area contributed by atoms with Crippen molar-refractivity contribution in [2.24, 2.45) is 0 Å². The van der Waals surface area contributed by atoms with Gasteiger partial charge in [0.05, 0.1) is 21.9 Å². The molecule has 1 aromatic heterocycles. The molecule has 3 rings (SSSR count). The van der Waals surface area contributed by atoms with Crippen LogP contribution in [-0.2, 0) is 6.18 Å². The molecule has 0 fully saturated rings.